The van der Waals surface area contributed by atoms with Crippen LogP contribution < -0.4 is 5.73 Å². The smallest absolute Gasteiger partial charge is 0.248 e. The number of hydrogen-bond donors (Lipinski definition) is 1. The number of nitrogens with zero attached hydrogens (tertiary/aromatic N) is 3. The Morgan fingerprint density at radius 2 is 1.61 bits per heavy atom. The lowest BCUT2D eigenvalue weighted by atomic mass is 10.1. The Balaban J connectivity index is 1.62. The summed E-state index contributed by atoms with van der Waals surface area (Å²) >= 11 is 0. The normalized spacial score (nSPS) is 14.7. The lowest BCUT2D eigenvalue weighted by Crippen LogP contribution is -2.36. The second kappa shape index (κ2) is 8.34. The molecule has 3 heterocycles. The molecule has 6 heteroatoms. The first-order valence-corrected chi connectivity index (χ1v) is 10.5. The first-order valence-electron chi connectivity index (χ1n) is 10.5. The van der Waals surface area contributed by atoms with Crippen LogP contribution in [0.25, 0.3) is 28.0 Å². The first kappa shape index (κ1) is 19.5. The molecule has 156 valence electrons. The van der Waals surface area contributed by atoms with Gasteiger partial charge in [-0.25, -0.2) is 4.98 Å². The van der Waals surface area contributed by atoms with E-state index >= 15 is 0 Å². The molecule has 0 saturated carbocycles. The third-order valence-corrected chi connectivity index (χ3v) is 5.74. The highest BCUT2D eigenvalue weighted by molar-refractivity contribution is 5.93. The highest BCUT2D eigenvalue weighted by atomic mass is 16.5. The highest BCUT2D eigenvalue weighted by Crippen LogP contribution is 2.29. The van der Waals surface area contributed by atoms with E-state index in [0.717, 1.165) is 61.0 Å². The number of morpholine rings is 1. The molecule has 0 radical (unpaired) electrons. The van der Waals surface area contributed by atoms with Crippen LogP contribution in [0.3, 0.4) is 0 Å². The van der Waals surface area contributed by atoms with Crippen molar-refractivity contribution in [1.29, 1.82) is 0 Å². The monoisotopic (exact) mass is 412 g/mol. The summed E-state index contributed by atoms with van der Waals surface area (Å²) in [5, 5.41) is 0. The molecule has 1 fully saturated rings. The van der Waals surface area contributed by atoms with Gasteiger partial charge in [-0.2, -0.15) is 0 Å². The van der Waals surface area contributed by atoms with E-state index in [4.69, 9.17) is 15.5 Å². The molecule has 0 unspecified atom stereocenters. The van der Waals surface area contributed by atoms with Gasteiger partial charge in [0.2, 0.25) is 5.91 Å². The first-order chi connectivity index (χ1) is 15.2. The van der Waals surface area contributed by atoms with Gasteiger partial charge in [0, 0.05) is 37.0 Å². The fourth-order valence-corrected chi connectivity index (χ4v) is 4.04. The van der Waals surface area contributed by atoms with Crippen molar-refractivity contribution in [3.8, 4) is 22.4 Å². The number of hydrogen-bond acceptors (Lipinski definition) is 4. The molecule has 31 heavy (non-hydrogen) atoms. The average Bonchev–Trinajstić information content (AvgIpc) is 3.18. The Kier molecular flexibility index (Phi) is 5.24. The van der Waals surface area contributed by atoms with Crippen LogP contribution in [0.15, 0.2) is 72.9 Å². The fourth-order valence-electron chi connectivity index (χ4n) is 4.04. The number of imidazole rings is 1. The van der Waals surface area contributed by atoms with E-state index in [0.29, 0.717) is 5.56 Å². The van der Waals surface area contributed by atoms with Crippen LogP contribution in [0.5, 0.6) is 0 Å². The van der Waals surface area contributed by atoms with Crippen molar-refractivity contribution in [2.75, 3.05) is 26.3 Å². The number of primary amides is 1. The average molecular weight is 412 g/mol. The van der Waals surface area contributed by atoms with Gasteiger partial charge in [-0.3, -0.25) is 9.69 Å². The summed E-state index contributed by atoms with van der Waals surface area (Å²) in [4.78, 5) is 18.8. The number of carbonyl (C=O) groups excluding carboxylic acids is 1. The van der Waals surface area contributed by atoms with Gasteiger partial charge in [-0.1, -0.05) is 42.5 Å². The second-order valence-corrected chi connectivity index (χ2v) is 7.75. The summed E-state index contributed by atoms with van der Waals surface area (Å²) in [7, 11) is 0. The van der Waals surface area contributed by atoms with Crippen molar-refractivity contribution in [2.24, 2.45) is 5.73 Å². The molecule has 2 aromatic carbocycles. The van der Waals surface area contributed by atoms with Crippen LogP contribution in [-0.4, -0.2) is 46.5 Å². The van der Waals surface area contributed by atoms with E-state index in [2.05, 4.69) is 39.8 Å². The van der Waals surface area contributed by atoms with Gasteiger partial charge < -0.3 is 14.9 Å². The summed E-state index contributed by atoms with van der Waals surface area (Å²) < 4.78 is 7.72. The van der Waals surface area contributed by atoms with E-state index in [1.807, 2.05) is 30.3 Å². The van der Waals surface area contributed by atoms with E-state index in [1.165, 1.54) is 5.56 Å². The van der Waals surface area contributed by atoms with Crippen molar-refractivity contribution in [1.82, 2.24) is 14.3 Å². The Morgan fingerprint density at radius 1 is 0.903 bits per heavy atom. The van der Waals surface area contributed by atoms with Crippen molar-refractivity contribution < 1.29 is 9.53 Å². The van der Waals surface area contributed by atoms with E-state index in [-0.39, 0.29) is 0 Å². The van der Waals surface area contributed by atoms with Crippen molar-refractivity contribution in [3.63, 3.8) is 0 Å². The molecule has 2 aromatic heterocycles. The number of benzene rings is 2. The van der Waals surface area contributed by atoms with Gasteiger partial charge in [0.1, 0.15) is 5.65 Å². The third-order valence-electron chi connectivity index (χ3n) is 5.74. The number of ether oxygens (including phenoxy) is 1. The largest absolute Gasteiger partial charge is 0.379 e. The van der Waals surface area contributed by atoms with Crippen molar-refractivity contribution >= 4 is 11.6 Å². The standard InChI is InChI=1S/C25H24N4O2/c26-25(30)20-8-6-19(7-9-20)24-22(17-28-12-14-31-15-13-28)29-16-21(10-11-23(29)27-24)18-4-2-1-3-5-18/h1-11,16H,12-15,17H2,(H2,26,30). The minimum atomic E-state index is -0.428. The van der Waals surface area contributed by atoms with Crippen molar-refractivity contribution in [3.05, 3.63) is 84.2 Å². The maximum atomic E-state index is 11.5. The van der Waals surface area contributed by atoms with E-state index in [1.54, 1.807) is 12.1 Å². The Labute approximate surface area is 180 Å². The Morgan fingerprint density at radius 3 is 2.32 bits per heavy atom. The fraction of sp³-hybridized carbons (Fsp3) is 0.200. The van der Waals surface area contributed by atoms with Gasteiger partial charge in [-0.05, 0) is 35.4 Å². The lowest BCUT2D eigenvalue weighted by Gasteiger charge is -2.26. The quantitative estimate of drug-likeness (QED) is 0.544. The molecule has 0 spiro atoms. The summed E-state index contributed by atoms with van der Waals surface area (Å²) in [5.41, 5.74) is 12.1. The predicted molar refractivity (Wildman–Crippen MR) is 121 cm³/mol. The van der Waals surface area contributed by atoms with E-state index in [9.17, 15) is 4.79 Å². The molecule has 2 N–H and O–H groups in total. The van der Waals surface area contributed by atoms with Gasteiger partial charge >= 0.3 is 0 Å². The maximum absolute atomic E-state index is 11.5. The Bertz CT molecular complexity index is 1210. The number of carbonyl (C=O) groups is 1. The molecule has 6 nitrogen and oxygen atoms in total. The molecule has 1 saturated heterocycles. The zero-order valence-corrected chi connectivity index (χ0v) is 17.2. The minimum absolute atomic E-state index is 0.428. The molecule has 4 aromatic rings. The molecule has 0 aliphatic carbocycles. The number of pyridine rings is 1. The second-order valence-electron chi connectivity index (χ2n) is 7.75. The molecular formula is C25H24N4O2. The zero-order chi connectivity index (χ0) is 21.2. The molecule has 0 bridgehead atoms. The topological polar surface area (TPSA) is 72.9 Å². The summed E-state index contributed by atoms with van der Waals surface area (Å²) in [6, 6.07) is 21.9. The van der Waals surface area contributed by atoms with Gasteiger partial charge in [0.15, 0.2) is 0 Å². The van der Waals surface area contributed by atoms with Gasteiger partial charge in [0.05, 0.1) is 24.6 Å². The molecule has 1 aliphatic heterocycles. The molecule has 0 atom stereocenters. The molecule has 5 rings (SSSR count). The van der Waals surface area contributed by atoms with Gasteiger partial charge in [-0.15, -0.1) is 0 Å². The molecule has 1 amide bonds. The SMILES string of the molecule is NC(=O)c1ccc(-c2nc3ccc(-c4ccccc4)cn3c2CN2CCOCC2)cc1. The molecular weight excluding hydrogens is 388 g/mol. The third kappa shape index (κ3) is 3.95. The number of rotatable bonds is 5. The number of amides is 1. The zero-order valence-electron chi connectivity index (χ0n) is 17.2. The predicted octanol–water partition coefficient (Wildman–Crippen LogP) is 3.60. The minimum Gasteiger partial charge on any atom is -0.379 e. The molecule has 1 aliphatic rings. The highest BCUT2D eigenvalue weighted by Gasteiger charge is 2.19. The van der Waals surface area contributed by atoms with Crippen LogP contribution in [0.4, 0.5) is 0 Å². The van der Waals surface area contributed by atoms with Crippen LogP contribution >= 0.6 is 0 Å². The maximum Gasteiger partial charge on any atom is 0.248 e. The van der Waals surface area contributed by atoms with Gasteiger partial charge in [0.25, 0.3) is 0 Å². The summed E-state index contributed by atoms with van der Waals surface area (Å²) in [6.07, 6.45) is 2.16. The lowest BCUT2D eigenvalue weighted by molar-refractivity contribution is 0.0336. The van der Waals surface area contributed by atoms with Crippen LogP contribution in [-0.2, 0) is 11.3 Å². The summed E-state index contributed by atoms with van der Waals surface area (Å²) in [6.45, 7) is 4.05. The van der Waals surface area contributed by atoms with E-state index < -0.39 is 5.91 Å². The van der Waals surface area contributed by atoms with Crippen LogP contribution in [0, 0.1) is 0 Å². The number of fused-ring (bicyclic) bond motifs is 1. The number of nitrogens with two attached hydrogens (primary N) is 1. The van der Waals surface area contributed by atoms with Crippen LogP contribution in [0.2, 0.25) is 0 Å². The number of aromatic nitrogens is 2. The Hall–Kier alpha value is -3.48. The summed E-state index contributed by atoms with van der Waals surface area (Å²) in [5.74, 6) is -0.428. The van der Waals surface area contributed by atoms with Crippen molar-refractivity contribution in [2.45, 2.75) is 6.54 Å². The van der Waals surface area contributed by atoms with Crippen LogP contribution in [0.1, 0.15) is 16.1 Å².